The van der Waals surface area contributed by atoms with E-state index in [-0.39, 0.29) is 0 Å². The highest BCUT2D eigenvalue weighted by Gasteiger charge is 1.58. The van der Waals surface area contributed by atoms with Crippen molar-refractivity contribution >= 4 is 0 Å². The maximum absolute atomic E-state index is 4.94. The van der Waals surface area contributed by atoms with Crippen LogP contribution in [-0.4, -0.2) is 57.3 Å². The second-order valence-corrected chi connectivity index (χ2v) is 2.89. The van der Waals surface area contributed by atoms with Crippen molar-refractivity contribution in [3.63, 3.8) is 0 Å². The van der Waals surface area contributed by atoms with Crippen LogP contribution in [0.15, 0.2) is 0 Å². The zero-order chi connectivity index (χ0) is 10.7. The first-order valence-corrected chi connectivity index (χ1v) is 3.46. The minimum absolute atomic E-state index is 1.50. The van der Waals surface area contributed by atoms with E-state index in [9.17, 15) is 0 Å². The van der Waals surface area contributed by atoms with Crippen LogP contribution in [0, 0.1) is 0 Å². The highest BCUT2D eigenvalue weighted by Crippen LogP contribution is 1.38. The molecule has 0 atom stereocenters. The number of hydrazine groups is 3. The third-order valence-corrected chi connectivity index (χ3v) is 0. The molecule has 6 N–H and O–H groups in total. The minimum Gasteiger partial charge on any atom is -0.269 e. The first-order chi connectivity index (χ1) is 5.20. The van der Waals surface area contributed by atoms with Crippen molar-refractivity contribution in [1.29, 1.82) is 0 Å². The van der Waals surface area contributed by atoms with Gasteiger partial charge >= 0.3 is 0 Å². The van der Waals surface area contributed by atoms with Gasteiger partial charge in [-0.05, 0) is 0 Å². The van der Waals surface area contributed by atoms with Gasteiger partial charge in [-0.15, -0.1) is 0 Å². The van der Waals surface area contributed by atoms with E-state index in [1.165, 1.54) is 15.0 Å². The van der Waals surface area contributed by atoms with Crippen molar-refractivity contribution in [2.75, 3.05) is 42.3 Å². The summed E-state index contributed by atoms with van der Waals surface area (Å²) in [5.41, 5.74) is 0. The molecule has 0 radical (unpaired) electrons. The van der Waals surface area contributed by atoms with Gasteiger partial charge in [-0.3, -0.25) is 32.6 Å². The summed E-state index contributed by atoms with van der Waals surface area (Å²) in [5, 5.41) is 4.50. The van der Waals surface area contributed by atoms with Gasteiger partial charge in [0.05, 0.1) is 0 Å². The summed E-state index contributed by atoms with van der Waals surface area (Å²) < 4.78 is 0. The largest absolute Gasteiger partial charge is 0.269 e. The number of rotatable bonds is 0. The summed E-state index contributed by atoms with van der Waals surface area (Å²) in [5.74, 6) is 14.8. The first kappa shape index (κ1) is 17.7. The molecule has 0 aliphatic carbocycles. The Morgan fingerprint density at radius 3 is 0.500 bits per heavy atom. The summed E-state index contributed by atoms with van der Waals surface area (Å²) in [7, 11) is 10.7. The van der Waals surface area contributed by atoms with Crippen LogP contribution in [0.25, 0.3) is 0 Å². The maximum Gasteiger partial charge on any atom is 0.00105 e. The maximum atomic E-state index is 4.94. The highest BCUT2D eigenvalue weighted by atomic mass is 15.4. The smallest absolute Gasteiger partial charge is 0.00105 e. The molecular formula is C6H24N6. The molecule has 0 bridgehead atoms. The quantitative estimate of drug-likeness (QED) is 0.303. The van der Waals surface area contributed by atoms with Crippen molar-refractivity contribution in [3.8, 4) is 0 Å². The molecule has 6 heteroatoms. The molecule has 0 saturated carbocycles. The molecule has 0 heterocycles. The molecule has 0 amide bonds. The van der Waals surface area contributed by atoms with Gasteiger partial charge in [0.1, 0.15) is 0 Å². The SMILES string of the molecule is CN(C)N.CN(C)N.CN(C)N. The van der Waals surface area contributed by atoms with E-state index in [1.807, 2.05) is 0 Å². The lowest BCUT2D eigenvalue weighted by atomic mass is 11.2. The number of nitrogens with zero attached hydrogens (tertiary/aromatic N) is 3. The minimum atomic E-state index is 1.50. The fourth-order valence-corrected chi connectivity index (χ4v) is 0. The Kier molecular flexibility index (Phi) is 19.7. The van der Waals surface area contributed by atoms with E-state index < -0.39 is 0 Å². The standard InChI is InChI=1S/3C2H8N2/c3*1-4(2)3/h3*3H2,1-2H3. The molecule has 78 valence electrons. The van der Waals surface area contributed by atoms with Crippen LogP contribution >= 0.6 is 0 Å². The molecule has 0 spiro atoms. The van der Waals surface area contributed by atoms with Gasteiger partial charge in [0.15, 0.2) is 0 Å². The number of nitrogens with two attached hydrogens (primary N) is 3. The predicted molar refractivity (Wildman–Crippen MR) is 53.6 cm³/mol. The number of hydrogen-bond acceptors (Lipinski definition) is 6. The van der Waals surface area contributed by atoms with Gasteiger partial charge in [-0.2, -0.15) is 0 Å². The molecule has 12 heavy (non-hydrogen) atoms. The average molecular weight is 180 g/mol. The Morgan fingerprint density at radius 2 is 0.500 bits per heavy atom. The van der Waals surface area contributed by atoms with Gasteiger partial charge in [0.25, 0.3) is 0 Å². The van der Waals surface area contributed by atoms with Gasteiger partial charge in [-0.1, -0.05) is 0 Å². The van der Waals surface area contributed by atoms with Crippen LogP contribution in [-0.2, 0) is 0 Å². The molecule has 0 aromatic heterocycles. The average Bonchev–Trinajstić information content (AvgIpc) is 1.54. The molecule has 0 saturated heterocycles. The molecular weight excluding hydrogens is 156 g/mol. The Hall–Kier alpha value is -0.240. The normalized spacial score (nSPS) is 9.00. The Balaban J connectivity index is -0.000000101. The van der Waals surface area contributed by atoms with Crippen LogP contribution < -0.4 is 17.5 Å². The fourth-order valence-electron chi connectivity index (χ4n) is 0. The molecule has 0 aliphatic rings. The molecule has 0 aromatic rings. The predicted octanol–water partition coefficient (Wildman–Crippen LogP) is -1.73. The molecule has 6 nitrogen and oxygen atoms in total. The lowest BCUT2D eigenvalue weighted by Crippen LogP contribution is -2.18. The van der Waals surface area contributed by atoms with E-state index in [0.717, 1.165) is 0 Å². The van der Waals surface area contributed by atoms with Crippen LogP contribution in [0.1, 0.15) is 0 Å². The van der Waals surface area contributed by atoms with Crippen molar-refractivity contribution in [1.82, 2.24) is 15.0 Å². The Morgan fingerprint density at radius 1 is 0.500 bits per heavy atom. The van der Waals surface area contributed by atoms with E-state index in [2.05, 4.69) is 0 Å². The summed E-state index contributed by atoms with van der Waals surface area (Å²) in [6.07, 6.45) is 0. The first-order valence-electron chi connectivity index (χ1n) is 3.46. The van der Waals surface area contributed by atoms with E-state index >= 15 is 0 Å². The molecule has 0 aromatic carbocycles. The second kappa shape index (κ2) is 13.4. The zero-order valence-corrected chi connectivity index (χ0v) is 9.07. The second-order valence-electron chi connectivity index (χ2n) is 2.89. The van der Waals surface area contributed by atoms with Crippen LogP contribution in [0.2, 0.25) is 0 Å². The third kappa shape index (κ3) is 13000. The van der Waals surface area contributed by atoms with Gasteiger partial charge in [-0.25, -0.2) is 0 Å². The Labute approximate surface area is 75.8 Å². The van der Waals surface area contributed by atoms with Crippen LogP contribution in [0.3, 0.4) is 0 Å². The topological polar surface area (TPSA) is 87.8 Å². The van der Waals surface area contributed by atoms with Gasteiger partial charge in [0.2, 0.25) is 0 Å². The van der Waals surface area contributed by atoms with Crippen molar-refractivity contribution in [2.24, 2.45) is 17.5 Å². The van der Waals surface area contributed by atoms with E-state index in [1.54, 1.807) is 42.3 Å². The lowest BCUT2D eigenvalue weighted by Gasteiger charge is -1.91. The van der Waals surface area contributed by atoms with Crippen molar-refractivity contribution in [3.05, 3.63) is 0 Å². The van der Waals surface area contributed by atoms with Crippen molar-refractivity contribution < 1.29 is 0 Å². The molecule has 0 fully saturated rings. The third-order valence-electron chi connectivity index (χ3n) is 0. The van der Waals surface area contributed by atoms with Gasteiger partial charge in [0, 0.05) is 42.3 Å². The summed E-state index contributed by atoms with van der Waals surface area (Å²) in [4.78, 5) is 0. The van der Waals surface area contributed by atoms with Crippen LogP contribution in [0.5, 0.6) is 0 Å². The summed E-state index contributed by atoms with van der Waals surface area (Å²) in [6, 6.07) is 0. The fraction of sp³-hybridized carbons (Fsp3) is 1.00. The summed E-state index contributed by atoms with van der Waals surface area (Å²) in [6.45, 7) is 0. The zero-order valence-electron chi connectivity index (χ0n) is 9.07. The number of hydrogen-bond donors (Lipinski definition) is 3. The van der Waals surface area contributed by atoms with E-state index in [0.29, 0.717) is 0 Å². The van der Waals surface area contributed by atoms with Crippen LogP contribution in [0.4, 0.5) is 0 Å². The molecule has 0 unspecified atom stereocenters. The monoisotopic (exact) mass is 180 g/mol. The molecule has 0 rings (SSSR count). The van der Waals surface area contributed by atoms with E-state index in [4.69, 9.17) is 17.5 Å². The van der Waals surface area contributed by atoms with Gasteiger partial charge < -0.3 is 0 Å². The molecule has 0 aliphatic heterocycles. The summed E-state index contributed by atoms with van der Waals surface area (Å²) >= 11 is 0. The lowest BCUT2D eigenvalue weighted by molar-refractivity contribution is 0.432. The Bertz CT molecular complexity index is 40.5. The highest BCUT2D eigenvalue weighted by molar-refractivity contribution is 4.02. The van der Waals surface area contributed by atoms with Crippen molar-refractivity contribution in [2.45, 2.75) is 0 Å².